The highest BCUT2D eigenvalue weighted by Gasteiger charge is 2.43. The minimum Gasteiger partial charge on any atom is -0.288 e. The summed E-state index contributed by atoms with van der Waals surface area (Å²) in [7, 11) is 0. The van der Waals surface area contributed by atoms with Crippen LogP contribution in [0.25, 0.3) is 4.85 Å². The van der Waals surface area contributed by atoms with Crippen LogP contribution < -0.4 is 0 Å². The van der Waals surface area contributed by atoms with E-state index in [2.05, 4.69) is 29.6 Å². The molecule has 0 aliphatic heterocycles. The molecular weight excluding hydrogens is 226 g/mol. The Bertz CT molecular complexity index is 579. The van der Waals surface area contributed by atoms with Gasteiger partial charge in [0.15, 0.2) is 0 Å². The number of hydrogen-bond acceptors (Lipinski definition) is 1. The van der Waals surface area contributed by atoms with Crippen LogP contribution in [-0.2, 0) is 11.3 Å². The first kappa shape index (κ1) is 10.4. The summed E-state index contributed by atoms with van der Waals surface area (Å²) in [6.45, 7) is 7.50. The molecule has 0 atom stereocenters. The molecule has 0 saturated heterocycles. The van der Waals surface area contributed by atoms with E-state index in [1.165, 1.54) is 11.1 Å². The number of benzene rings is 2. The lowest BCUT2D eigenvalue weighted by atomic mass is 9.82. The van der Waals surface area contributed by atoms with Gasteiger partial charge < -0.3 is 0 Å². The highest BCUT2D eigenvalue weighted by Crippen LogP contribution is 2.45. The molecule has 1 nitrogen and oxygen atoms in total. The third kappa shape index (κ3) is 1.40. The molecule has 0 aromatic heterocycles. The van der Waals surface area contributed by atoms with Crippen molar-refractivity contribution in [2.24, 2.45) is 0 Å². The summed E-state index contributed by atoms with van der Waals surface area (Å²) in [5.41, 5.74) is 4.46. The summed E-state index contributed by atoms with van der Waals surface area (Å²) in [5, 5.41) is 0. The fraction of sp³-hybridized carbons (Fsp3) is 0.133. The van der Waals surface area contributed by atoms with Crippen LogP contribution in [0.5, 0.6) is 0 Å². The van der Waals surface area contributed by atoms with Crippen molar-refractivity contribution in [1.82, 2.24) is 0 Å². The first-order chi connectivity index (χ1) is 8.25. The van der Waals surface area contributed by atoms with Gasteiger partial charge in [0.2, 0.25) is 0 Å². The van der Waals surface area contributed by atoms with E-state index in [4.69, 9.17) is 6.57 Å². The van der Waals surface area contributed by atoms with Crippen LogP contribution in [0.15, 0.2) is 48.5 Å². The van der Waals surface area contributed by atoms with Crippen molar-refractivity contribution in [2.45, 2.75) is 11.3 Å². The molecule has 0 fully saturated rings. The lowest BCUT2D eigenvalue weighted by molar-refractivity contribution is 0.856. The van der Waals surface area contributed by atoms with E-state index in [0.717, 1.165) is 17.5 Å². The first-order valence-corrected chi connectivity index (χ1v) is 5.98. The molecule has 82 valence electrons. The molecule has 1 aliphatic rings. The number of rotatable bonds is 0. The topological polar surface area (TPSA) is 4.36 Å². The van der Waals surface area contributed by atoms with E-state index >= 15 is 0 Å². The maximum Gasteiger partial charge on any atom is 0.326 e. The molecular formula is C15H11NS. The van der Waals surface area contributed by atoms with Crippen molar-refractivity contribution < 1.29 is 0 Å². The summed E-state index contributed by atoms with van der Waals surface area (Å²) in [5.74, 6) is 0. The summed E-state index contributed by atoms with van der Waals surface area (Å²) in [4.78, 5) is 2.95. The molecule has 0 N–H and O–H groups in total. The number of hydrogen-bond donors (Lipinski definition) is 1. The van der Waals surface area contributed by atoms with E-state index < -0.39 is 4.87 Å². The Hall–Kier alpha value is -1.72. The van der Waals surface area contributed by atoms with Gasteiger partial charge >= 0.3 is 4.87 Å². The van der Waals surface area contributed by atoms with Gasteiger partial charge in [-0.2, -0.15) is 0 Å². The number of fused-ring (bicyclic) bond motifs is 2. The van der Waals surface area contributed by atoms with Gasteiger partial charge in [-0.1, -0.05) is 49.0 Å². The van der Waals surface area contributed by atoms with Gasteiger partial charge in [0, 0.05) is 0 Å². The van der Waals surface area contributed by atoms with Crippen LogP contribution >= 0.6 is 12.6 Å². The molecule has 17 heavy (non-hydrogen) atoms. The predicted molar refractivity (Wildman–Crippen MR) is 72.1 cm³/mol. The van der Waals surface area contributed by atoms with Crippen LogP contribution in [0, 0.1) is 6.57 Å². The zero-order valence-corrected chi connectivity index (χ0v) is 10.1. The monoisotopic (exact) mass is 237 g/mol. The smallest absolute Gasteiger partial charge is 0.288 e. The van der Waals surface area contributed by atoms with Crippen molar-refractivity contribution in [3.8, 4) is 0 Å². The molecule has 2 heteroatoms. The van der Waals surface area contributed by atoms with E-state index in [0.29, 0.717) is 0 Å². The van der Waals surface area contributed by atoms with E-state index in [1.54, 1.807) is 0 Å². The maximum absolute atomic E-state index is 7.50. The normalized spacial score (nSPS) is 15.5. The predicted octanol–water partition coefficient (Wildman–Crippen LogP) is 3.64. The van der Waals surface area contributed by atoms with Crippen molar-refractivity contribution in [2.75, 3.05) is 0 Å². The maximum atomic E-state index is 7.50. The molecule has 0 amide bonds. The van der Waals surface area contributed by atoms with Gasteiger partial charge in [-0.05, 0) is 29.7 Å². The third-order valence-corrected chi connectivity index (χ3v) is 3.91. The zero-order chi connectivity index (χ0) is 11.9. The molecule has 0 spiro atoms. The van der Waals surface area contributed by atoms with Crippen LogP contribution in [0.4, 0.5) is 0 Å². The minimum absolute atomic E-state index is 0.828. The summed E-state index contributed by atoms with van der Waals surface area (Å²) < 4.78 is 0. The lowest BCUT2D eigenvalue weighted by Crippen LogP contribution is -2.24. The van der Waals surface area contributed by atoms with Crippen molar-refractivity contribution in [3.63, 3.8) is 0 Å². The minimum atomic E-state index is -0.828. The van der Waals surface area contributed by atoms with Gasteiger partial charge in [-0.25, -0.2) is 6.57 Å². The molecule has 0 heterocycles. The second kappa shape index (κ2) is 3.65. The fourth-order valence-corrected chi connectivity index (χ4v) is 2.94. The van der Waals surface area contributed by atoms with Gasteiger partial charge in [0.25, 0.3) is 0 Å². The van der Waals surface area contributed by atoms with Crippen LogP contribution in [0.2, 0.25) is 0 Å². The first-order valence-electron chi connectivity index (χ1n) is 5.53. The van der Waals surface area contributed by atoms with Crippen molar-refractivity contribution in [3.05, 3.63) is 82.2 Å². The Kier molecular flexibility index (Phi) is 2.24. The van der Waals surface area contributed by atoms with E-state index in [9.17, 15) is 0 Å². The standard InChI is InChI=1S/C15H11NS/c1-16-15(17)13-8-4-2-6-11(13)10-12-7-3-5-9-14(12)15/h2-9,17H,10H2. The van der Waals surface area contributed by atoms with Crippen LogP contribution in [0.3, 0.4) is 0 Å². The largest absolute Gasteiger partial charge is 0.326 e. The average molecular weight is 237 g/mol. The Balaban J connectivity index is 2.33. The summed E-state index contributed by atoms with van der Waals surface area (Å²) >= 11 is 4.65. The second-order valence-electron chi connectivity index (χ2n) is 4.28. The van der Waals surface area contributed by atoms with Crippen molar-refractivity contribution in [1.29, 1.82) is 0 Å². The van der Waals surface area contributed by atoms with Crippen LogP contribution in [-0.4, -0.2) is 0 Å². The summed E-state index contributed by atoms with van der Waals surface area (Å²) in [6.07, 6.45) is 0.893. The van der Waals surface area contributed by atoms with Gasteiger partial charge in [0.1, 0.15) is 0 Å². The highest BCUT2D eigenvalue weighted by molar-refractivity contribution is 7.81. The second-order valence-corrected chi connectivity index (χ2v) is 4.92. The zero-order valence-electron chi connectivity index (χ0n) is 9.22. The van der Waals surface area contributed by atoms with Gasteiger partial charge in [0.05, 0.1) is 11.1 Å². The highest BCUT2D eigenvalue weighted by atomic mass is 32.1. The molecule has 0 unspecified atom stereocenters. The molecule has 1 aliphatic carbocycles. The fourth-order valence-electron chi connectivity index (χ4n) is 2.50. The SMILES string of the molecule is [C-]#[N+]C1(S)c2ccccc2Cc2ccccc21. The third-order valence-electron chi connectivity index (χ3n) is 3.33. The quantitative estimate of drug-likeness (QED) is 0.527. The Labute approximate surface area is 106 Å². The number of nitrogens with zero attached hydrogens (tertiary/aromatic N) is 1. The summed E-state index contributed by atoms with van der Waals surface area (Å²) in [6, 6.07) is 16.2. The Morgan fingerprint density at radius 2 is 1.41 bits per heavy atom. The molecule has 0 radical (unpaired) electrons. The van der Waals surface area contributed by atoms with Gasteiger partial charge in [-0.3, -0.25) is 4.85 Å². The molecule has 3 rings (SSSR count). The number of thiol groups is 1. The van der Waals surface area contributed by atoms with Crippen LogP contribution in [0.1, 0.15) is 22.3 Å². The molecule has 0 bridgehead atoms. The Morgan fingerprint density at radius 1 is 0.941 bits per heavy atom. The average Bonchev–Trinajstić information content (AvgIpc) is 2.39. The van der Waals surface area contributed by atoms with E-state index in [1.807, 2.05) is 36.4 Å². The lowest BCUT2D eigenvalue weighted by Gasteiger charge is -2.27. The Morgan fingerprint density at radius 3 is 1.88 bits per heavy atom. The van der Waals surface area contributed by atoms with E-state index in [-0.39, 0.29) is 0 Å². The molecule has 0 saturated carbocycles. The van der Waals surface area contributed by atoms with Crippen molar-refractivity contribution >= 4 is 12.6 Å². The molecule has 2 aromatic carbocycles. The molecule has 2 aromatic rings. The van der Waals surface area contributed by atoms with Gasteiger partial charge in [-0.15, -0.1) is 0 Å².